The summed E-state index contributed by atoms with van der Waals surface area (Å²) in [5.74, 6) is -0.272. The fourth-order valence-electron chi connectivity index (χ4n) is 4.22. The van der Waals surface area contributed by atoms with E-state index in [1.54, 1.807) is 7.05 Å². The molecule has 0 aromatic heterocycles. The standard InChI is InChI=1S/C24H30N4O3/c1-18-15-19-5-3-4-6-22(19)28(18)17-24(30)26(2)16-23(29)25-20-7-9-21(10-8-20)27-11-13-31-14-12-27/h3-10,18H,11-17H2,1-2H3,(H,25,29)/t18-/m1/s1. The van der Waals surface area contributed by atoms with Crippen molar-refractivity contribution in [2.75, 3.05) is 61.6 Å². The Hall–Kier alpha value is -3.06. The Balaban J connectivity index is 1.29. The van der Waals surface area contributed by atoms with E-state index in [-0.39, 0.29) is 30.9 Å². The van der Waals surface area contributed by atoms with Crippen LogP contribution in [0.2, 0.25) is 0 Å². The molecule has 0 spiro atoms. The molecule has 2 heterocycles. The number of amides is 2. The van der Waals surface area contributed by atoms with Crippen molar-refractivity contribution in [1.82, 2.24) is 4.90 Å². The Morgan fingerprint density at radius 1 is 1.10 bits per heavy atom. The number of nitrogens with zero attached hydrogens (tertiary/aromatic N) is 3. The van der Waals surface area contributed by atoms with Crippen LogP contribution < -0.4 is 15.1 Å². The summed E-state index contributed by atoms with van der Waals surface area (Å²) in [6.45, 7) is 5.64. The van der Waals surface area contributed by atoms with Crippen LogP contribution in [-0.2, 0) is 20.7 Å². The summed E-state index contributed by atoms with van der Waals surface area (Å²) in [5, 5.41) is 2.89. The lowest BCUT2D eigenvalue weighted by atomic mass is 10.1. The van der Waals surface area contributed by atoms with Crippen LogP contribution >= 0.6 is 0 Å². The minimum absolute atomic E-state index is 0.0217. The maximum atomic E-state index is 12.8. The highest BCUT2D eigenvalue weighted by Gasteiger charge is 2.28. The number of ether oxygens (including phenoxy) is 1. The Morgan fingerprint density at radius 2 is 1.81 bits per heavy atom. The minimum atomic E-state index is -0.204. The fraction of sp³-hybridized carbons (Fsp3) is 0.417. The molecular weight excluding hydrogens is 392 g/mol. The van der Waals surface area contributed by atoms with Crippen LogP contribution in [0.4, 0.5) is 17.1 Å². The molecule has 0 aliphatic carbocycles. The van der Waals surface area contributed by atoms with Crippen LogP contribution in [0.3, 0.4) is 0 Å². The zero-order valence-corrected chi connectivity index (χ0v) is 18.2. The summed E-state index contributed by atoms with van der Waals surface area (Å²) < 4.78 is 5.38. The number of rotatable bonds is 6. The Kier molecular flexibility index (Phi) is 6.42. The highest BCUT2D eigenvalue weighted by Crippen LogP contribution is 2.31. The highest BCUT2D eigenvalue weighted by atomic mass is 16.5. The van der Waals surface area contributed by atoms with Gasteiger partial charge in [-0.1, -0.05) is 18.2 Å². The van der Waals surface area contributed by atoms with Gasteiger partial charge in [-0.15, -0.1) is 0 Å². The number of para-hydroxylation sites is 1. The van der Waals surface area contributed by atoms with Crippen molar-refractivity contribution < 1.29 is 14.3 Å². The molecule has 0 bridgehead atoms. The van der Waals surface area contributed by atoms with Gasteiger partial charge in [0.15, 0.2) is 0 Å². The van der Waals surface area contributed by atoms with Gasteiger partial charge in [0.1, 0.15) is 0 Å². The average molecular weight is 423 g/mol. The summed E-state index contributed by atoms with van der Waals surface area (Å²) in [5.41, 5.74) is 4.23. The number of hydrogen-bond acceptors (Lipinski definition) is 5. The molecule has 1 saturated heterocycles. The molecular formula is C24H30N4O3. The van der Waals surface area contributed by atoms with Gasteiger partial charge in [-0.3, -0.25) is 9.59 Å². The molecule has 7 nitrogen and oxygen atoms in total. The van der Waals surface area contributed by atoms with E-state index >= 15 is 0 Å². The van der Waals surface area contributed by atoms with Gasteiger partial charge < -0.3 is 24.8 Å². The number of hydrogen-bond donors (Lipinski definition) is 1. The van der Waals surface area contributed by atoms with Crippen molar-refractivity contribution in [2.45, 2.75) is 19.4 Å². The zero-order valence-electron chi connectivity index (χ0n) is 18.2. The fourth-order valence-corrected chi connectivity index (χ4v) is 4.22. The lowest BCUT2D eigenvalue weighted by Crippen LogP contribution is -2.43. The van der Waals surface area contributed by atoms with Gasteiger partial charge in [-0.05, 0) is 49.2 Å². The van der Waals surface area contributed by atoms with Crippen LogP contribution in [-0.4, -0.2) is 69.2 Å². The van der Waals surface area contributed by atoms with Crippen LogP contribution in [0, 0.1) is 0 Å². The molecule has 31 heavy (non-hydrogen) atoms. The lowest BCUT2D eigenvalue weighted by Gasteiger charge is -2.29. The van der Waals surface area contributed by atoms with E-state index in [4.69, 9.17) is 4.74 Å². The van der Waals surface area contributed by atoms with E-state index in [0.717, 1.165) is 49.8 Å². The highest BCUT2D eigenvalue weighted by molar-refractivity contribution is 5.95. The molecule has 2 amide bonds. The number of carbonyl (C=O) groups is 2. The molecule has 0 unspecified atom stereocenters. The molecule has 4 rings (SSSR count). The number of benzene rings is 2. The van der Waals surface area contributed by atoms with Crippen molar-refractivity contribution in [3.05, 3.63) is 54.1 Å². The lowest BCUT2D eigenvalue weighted by molar-refractivity contribution is -0.132. The van der Waals surface area contributed by atoms with Crippen molar-refractivity contribution >= 4 is 28.9 Å². The number of nitrogens with one attached hydrogen (secondary N) is 1. The molecule has 1 atom stereocenters. The summed E-state index contributed by atoms with van der Waals surface area (Å²) in [4.78, 5) is 31.1. The third-order valence-corrected chi connectivity index (χ3v) is 5.99. The largest absolute Gasteiger partial charge is 0.378 e. The first-order chi connectivity index (χ1) is 15.0. The molecule has 7 heteroatoms. The number of fused-ring (bicyclic) bond motifs is 1. The van der Waals surface area contributed by atoms with E-state index < -0.39 is 0 Å². The molecule has 1 fully saturated rings. The maximum absolute atomic E-state index is 12.8. The molecule has 0 radical (unpaired) electrons. The Bertz CT molecular complexity index is 925. The second-order valence-corrected chi connectivity index (χ2v) is 8.25. The van der Waals surface area contributed by atoms with Crippen molar-refractivity contribution in [3.8, 4) is 0 Å². The maximum Gasteiger partial charge on any atom is 0.243 e. The zero-order chi connectivity index (χ0) is 21.8. The van der Waals surface area contributed by atoms with Gasteiger partial charge in [-0.25, -0.2) is 0 Å². The second-order valence-electron chi connectivity index (χ2n) is 8.25. The van der Waals surface area contributed by atoms with Crippen molar-refractivity contribution in [3.63, 3.8) is 0 Å². The number of anilines is 3. The quantitative estimate of drug-likeness (QED) is 0.774. The molecule has 2 aliphatic rings. The number of morpholine rings is 1. The number of likely N-dealkylation sites (N-methyl/N-ethyl adjacent to an activating group) is 1. The number of carbonyl (C=O) groups excluding carboxylic acids is 2. The summed E-state index contributed by atoms with van der Waals surface area (Å²) in [7, 11) is 1.68. The molecule has 1 N–H and O–H groups in total. The predicted molar refractivity (Wildman–Crippen MR) is 123 cm³/mol. The SMILES string of the molecule is C[C@@H]1Cc2ccccc2N1CC(=O)N(C)CC(=O)Nc1ccc(N2CCOCC2)cc1. The predicted octanol–water partition coefficient (Wildman–Crippen LogP) is 2.37. The van der Waals surface area contributed by atoms with Crippen molar-refractivity contribution in [2.24, 2.45) is 0 Å². The van der Waals surface area contributed by atoms with Gasteiger partial charge in [-0.2, -0.15) is 0 Å². The van der Waals surface area contributed by atoms with Crippen LogP contribution in [0.1, 0.15) is 12.5 Å². The van der Waals surface area contributed by atoms with E-state index in [0.29, 0.717) is 0 Å². The van der Waals surface area contributed by atoms with Crippen LogP contribution in [0.5, 0.6) is 0 Å². The normalized spacial score (nSPS) is 17.9. The van der Waals surface area contributed by atoms with E-state index in [2.05, 4.69) is 34.2 Å². The molecule has 0 saturated carbocycles. The monoisotopic (exact) mass is 422 g/mol. The smallest absolute Gasteiger partial charge is 0.243 e. The van der Waals surface area contributed by atoms with Gasteiger partial charge >= 0.3 is 0 Å². The third kappa shape index (κ3) is 4.99. The average Bonchev–Trinajstić information content (AvgIpc) is 3.09. The first-order valence-corrected chi connectivity index (χ1v) is 10.8. The Labute approximate surface area is 183 Å². The third-order valence-electron chi connectivity index (χ3n) is 5.99. The topological polar surface area (TPSA) is 65.1 Å². The second kappa shape index (κ2) is 9.39. The summed E-state index contributed by atoms with van der Waals surface area (Å²) in [6, 6.07) is 16.3. The van der Waals surface area contributed by atoms with Gasteiger partial charge in [0.25, 0.3) is 0 Å². The van der Waals surface area contributed by atoms with E-state index in [1.165, 1.54) is 10.5 Å². The first-order valence-electron chi connectivity index (χ1n) is 10.8. The summed E-state index contributed by atoms with van der Waals surface area (Å²) in [6.07, 6.45) is 0.939. The van der Waals surface area contributed by atoms with Crippen molar-refractivity contribution in [1.29, 1.82) is 0 Å². The molecule has 164 valence electrons. The van der Waals surface area contributed by atoms with Gasteiger partial charge in [0, 0.05) is 43.2 Å². The van der Waals surface area contributed by atoms with E-state index in [9.17, 15) is 9.59 Å². The van der Waals surface area contributed by atoms with Gasteiger partial charge in [0.05, 0.1) is 26.3 Å². The molecule has 2 aromatic carbocycles. The molecule has 2 aliphatic heterocycles. The first kappa shape index (κ1) is 21.2. The van der Waals surface area contributed by atoms with E-state index in [1.807, 2.05) is 36.4 Å². The Morgan fingerprint density at radius 3 is 2.55 bits per heavy atom. The van der Waals surface area contributed by atoms with Crippen LogP contribution in [0.25, 0.3) is 0 Å². The summed E-state index contributed by atoms with van der Waals surface area (Å²) >= 11 is 0. The van der Waals surface area contributed by atoms with Gasteiger partial charge in [0.2, 0.25) is 11.8 Å². The van der Waals surface area contributed by atoms with Crippen LogP contribution in [0.15, 0.2) is 48.5 Å². The molecule has 2 aromatic rings. The minimum Gasteiger partial charge on any atom is -0.378 e.